The summed E-state index contributed by atoms with van der Waals surface area (Å²) >= 11 is 0. The fourth-order valence-corrected chi connectivity index (χ4v) is 3.27. The van der Waals surface area contributed by atoms with Gasteiger partial charge in [0.2, 0.25) is 0 Å². The molecule has 0 aromatic carbocycles. The van der Waals surface area contributed by atoms with Crippen molar-refractivity contribution in [1.82, 2.24) is 0 Å². The number of rotatable bonds is 8. The zero-order chi connectivity index (χ0) is 20.4. The van der Waals surface area contributed by atoms with Crippen LogP contribution in [0.3, 0.4) is 0 Å². The molecule has 5 nitrogen and oxygen atoms in total. The van der Waals surface area contributed by atoms with Gasteiger partial charge in [-0.3, -0.25) is 9.59 Å². The van der Waals surface area contributed by atoms with Gasteiger partial charge in [0, 0.05) is 25.8 Å². The predicted molar refractivity (Wildman–Crippen MR) is 105 cm³/mol. The van der Waals surface area contributed by atoms with Gasteiger partial charge in [-0.2, -0.15) is 5.26 Å². The molecule has 0 aliphatic carbocycles. The van der Waals surface area contributed by atoms with Gasteiger partial charge in [-0.1, -0.05) is 18.6 Å². The Morgan fingerprint density at radius 2 is 2.07 bits per heavy atom. The Kier molecular flexibility index (Phi) is 9.45. The van der Waals surface area contributed by atoms with Crippen LogP contribution in [0.25, 0.3) is 0 Å². The predicted octanol–water partition coefficient (Wildman–Crippen LogP) is 4.67. The fourth-order valence-electron chi connectivity index (χ4n) is 3.27. The maximum absolute atomic E-state index is 12.5. The molecule has 5 heteroatoms. The van der Waals surface area contributed by atoms with Crippen LogP contribution in [0.1, 0.15) is 73.1 Å². The average Bonchev–Trinajstić information content (AvgIpc) is 2.72. The highest BCUT2D eigenvalue weighted by Gasteiger charge is 2.35. The number of carbonyl (C=O) groups is 2. The second kappa shape index (κ2) is 11.0. The third-order valence-corrected chi connectivity index (χ3v) is 5.13. The van der Waals surface area contributed by atoms with Crippen LogP contribution in [-0.2, 0) is 19.1 Å². The summed E-state index contributed by atoms with van der Waals surface area (Å²) < 4.78 is 11.4. The van der Waals surface area contributed by atoms with E-state index < -0.39 is 5.60 Å². The van der Waals surface area contributed by atoms with Crippen LogP contribution < -0.4 is 0 Å². The molecule has 150 valence electrons. The number of allylic oxidation sites excluding steroid dienone is 2. The Labute approximate surface area is 163 Å². The second-order valence-corrected chi connectivity index (χ2v) is 7.91. The van der Waals surface area contributed by atoms with Crippen molar-refractivity contribution in [2.75, 3.05) is 6.61 Å². The van der Waals surface area contributed by atoms with Gasteiger partial charge in [0.25, 0.3) is 0 Å². The van der Waals surface area contributed by atoms with E-state index in [2.05, 4.69) is 13.0 Å². The molecule has 1 fully saturated rings. The highest BCUT2D eigenvalue weighted by Crippen LogP contribution is 2.29. The van der Waals surface area contributed by atoms with Gasteiger partial charge < -0.3 is 9.47 Å². The monoisotopic (exact) mass is 375 g/mol. The lowest BCUT2D eigenvalue weighted by Crippen LogP contribution is -2.37. The van der Waals surface area contributed by atoms with E-state index in [4.69, 9.17) is 14.7 Å². The lowest BCUT2D eigenvalue weighted by atomic mass is 9.88. The molecule has 1 saturated heterocycles. The molecular weight excluding hydrogens is 342 g/mol. The molecule has 27 heavy (non-hydrogen) atoms. The highest BCUT2D eigenvalue weighted by atomic mass is 16.5. The maximum Gasteiger partial charge on any atom is 0.302 e. The van der Waals surface area contributed by atoms with Crippen LogP contribution in [0.5, 0.6) is 0 Å². The molecule has 0 saturated carbocycles. The number of nitrogens with zero attached hydrogens (tertiary/aromatic N) is 1. The maximum atomic E-state index is 12.5. The van der Waals surface area contributed by atoms with E-state index in [1.807, 2.05) is 26.8 Å². The van der Waals surface area contributed by atoms with Gasteiger partial charge in [-0.25, -0.2) is 0 Å². The number of Topliss-reactive ketones (excluding diaryl/α,β-unsaturated/α-hetero) is 1. The summed E-state index contributed by atoms with van der Waals surface area (Å²) in [4.78, 5) is 23.9. The number of ketones is 1. The molecular formula is C22H33NO4. The summed E-state index contributed by atoms with van der Waals surface area (Å²) in [7, 11) is 0. The molecule has 1 aliphatic heterocycles. The summed E-state index contributed by atoms with van der Waals surface area (Å²) in [6, 6.07) is 2.01. The smallest absolute Gasteiger partial charge is 0.302 e. The van der Waals surface area contributed by atoms with E-state index >= 15 is 0 Å². The van der Waals surface area contributed by atoms with E-state index in [9.17, 15) is 9.59 Å². The van der Waals surface area contributed by atoms with Crippen molar-refractivity contribution in [3.05, 3.63) is 23.3 Å². The van der Waals surface area contributed by atoms with Crippen LogP contribution >= 0.6 is 0 Å². The number of esters is 1. The summed E-state index contributed by atoms with van der Waals surface area (Å²) in [6.45, 7) is 9.76. The molecule has 0 radical (unpaired) electrons. The average molecular weight is 376 g/mol. The summed E-state index contributed by atoms with van der Waals surface area (Å²) in [5.74, 6) is 0.0284. The van der Waals surface area contributed by atoms with Crippen molar-refractivity contribution in [3.63, 3.8) is 0 Å². The van der Waals surface area contributed by atoms with Gasteiger partial charge in [-0.05, 0) is 57.9 Å². The van der Waals surface area contributed by atoms with E-state index in [0.717, 1.165) is 18.4 Å². The molecule has 2 unspecified atom stereocenters. The first-order valence-corrected chi connectivity index (χ1v) is 9.73. The van der Waals surface area contributed by atoms with Crippen molar-refractivity contribution < 1.29 is 19.1 Å². The van der Waals surface area contributed by atoms with Gasteiger partial charge in [0.05, 0.1) is 12.7 Å². The Bertz CT molecular complexity index is 625. The number of carbonyl (C=O) groups excluding carboxylic acids is 2. The van der Waals surface area contributed by atoms with Gasteiger partial charge in [0.15, 0.2) is 5.78 Å². The molecule has 0 amide bonds. The third kappa shape index (κ3) is 8.09. The topological polar surface area (TPSA) is 76.4 Å². The van der Waals surface area contributed by atoms with Crippen molar-refractivity contribution in [2.24, 2.45) is 5.92 Å². The van der Waals surface area contributed by atoms with E-state index in [0.29, 0.717) is 32.3 Å². The van der Waals surface area contributed by atoms with E-state index in [-0.39, 0.29) is 23.8 Å². The van der Waals surface area contributed by atoms with Crippen molar-refractivity contribution in [1.29, 1.82) is 5.26 Å². The molecule has 0 spiro atoms. The van der Waals surface area contributed by atoms with Crippen LogP contribution in [0, 0.1) is 17.2 Å². The van der Waals surface area contributed by atoms with Crippen LogP contribution in [0.2, 0.25) is 0 Å². The minimum absolute atomic E-state index is 0.0950. The molecule has 0 aromatic heterocycles. The van der Waals surface area contributed by atoms with Crippen molar-refractivity contribution in [2.45, 2.75) is 84.8 Å². The zero-order valence-electron chi connectivity index (χ0n) is 17.3. The van der Waals surface area contributed by atoms with Gasteiger partial charge in [0.1, 0.15) is 11.7 Å². The zero-order valence-corrected chi connectivity index (χ0v) is 17.3. The minimum atomic E-state index is -0.804. The third-order valence-electron chi connectivity index (χ3n) is 5.13. The lowest BCUT2D eigenvalue weighted by molar-refractivity contribution is -0.148. The number of nitriles is 1. The second-order valence-electron chi connectivity index (χ2n) is 7.91. The normalized spacial score (nSPS) is 23.9. The Balaban J connectivity index is 2.63. The molecule has 1 aliphatic rings. The number of ether oxygens (including phenoxy) is 2. The largest absolute Gasteiger partial charge is 0.462 e. The highest BCUT2D eigenvalue weighted by molar-refractivity contribution is 5.87. The van der Waals surface area contributed by atoms with Crippen LogP contribution in [0.15, 0.2) is 23.3 Å². The lowest BCUT2D eigenvalue weighted by Gasteiger charge is -2.28. The SMILES string of the molecule is CC(=O)OC(CC=C(C)C)C(C)CCC[C@]1(C)OCC(=CC#N)CCC1=O. The Hall–Kier alpha value is -1.93. The Morgan fingerprint density at radius 3 is 2.67 bits per heavy atom. The van der Waals surface area contributed by atoms with Gasteiger partial charge in [-0.15, -0.1) is 0 Å². The molecule has 1 heterocycles. The van der Waals surface area contributed by atoms with Crippen LogP contribution in [-0.4, -0.2) is 30.1 Å². The van der Waals surface area contributed by atoms with E-state index in [1.54, 1.807) is 0 Å². The number of hydrogen-bond acceptors (Lipinski definition) is 5. The first-order valence-electron chi connectivity index (χ1n) is 9.73. The summed E-state index contributed by atoms with van der Waals surface area (Å²) in [6.07, 6.45) is 7.42. The van der Waals surface area contributed by atoms with E-state index in [1.165, 1.54) is 18.6 Å². The minimum Gasteiger partial charge on any atom is -0.462 e. The van der Waals surface area contributed by atoms with Crippen molar-refractivity contribution >= 4 is 11.8 Å². The standard InChI is InChI=1S/C22H33NO4/c1-16(2)8-10-20(27-18(4)24)17(3)7-6-13-22(5)21(25)11-9-19(12-14-23)15-26-22/h8,12,17,20H,6-7,9-11,13,15H2,1-5H3/t17?,20?,22-/m0/s1. The Morgan fingerprint density at radius 1 is 1.37 bits per heavy atom. The quantitative estimate of drug-likeness (QED) is 0.350. The molecule has 0 N–H and O–H groups in total. The fraction of sp³-hybridized carbons (Fsp3) is 0.682. The molecule has 0 aromatic rings. The summed E-state index contributed by atoms with van der Waals surface area (Å²) in [5, 5.41) is 8.79. The molecule has 3 atom stereocenters. The first-order chi connectivity index (χ1) is 12.7. The van der Waals surface area contributed by atoms with Gasteiger partial charge >= 0.3 is 5.97 Å². The first kappa shape index (κ1) is 23.1. The molecule has 1 rings (SSSR count). The van der Waals surface area contributed by atoms with Crippen molar-refractivity contribution in [3.8, 4) is 6.07 Å². The van der Waals surface area contributed by atoms with Crippen LogP contribution in [0.4, 0.5) is 0 Å². The summed E-state index contributed by atoms with van der Waals surface area (Å²) in [5.41, 5.74) is 1.27. The number of hydrogen-bond donors (Lipinski definition) is 0. The molecule has 0 bridgehead atoms.